The molecule has 0 aromatic rings. The first kappa shape index (κ1) is 15.4. The molecule has 1 amide bonds. The van der Waals surface area contributed by atoms with Gasteiger partial charge in [0.15, 0.2) is 0 Å². The molecule has 0 aromatic carbocycles. The second kappa shape index (κ2) is 9.60. The molecule has 0 rings (SSSR count). The summed E-state index contributed by atoms with van der Waals surface area (Å²) >= 11 is 0. The molecule has 4 nitrogen and oxygen atoms in total. The third-order valence-electron chi connectivity index (χ3n) is 2.34. The van der Waals surface area contributed by atoms with Crippen molar-refractivity contribution in [1.29, 1.82) is 0 Å². The third kappa shape index (κ3) is 9.93. The van der Waals surface area contributed by atoms with Crippen LogP contribution in [0.1, 0.15) is 40.0 Å². The smallest absolute Gasteiger partial charge is 0.216 e. The molecular formula is C12H25NO3. The predicted octanol–water partition coefficient (Wildman–Crippen LogP) is 1.33. The molecule has 0 saturated heterocycles. The second-order valence-corrected chi connectivity index (χ2v) is 4.41. The molecule has 4 heteroatoms. The lowest BCUT2D eigenvalue weighted by molar-refractivity contribution is -0.118. The van der Waals surface area contributed by atoms with E-state index in [0.29, 0.717) is 6.61 Å². The van der Waals surface area contributed by atoms with E-state index in [2.05, 4.69) is 5.32 Å². The zero-order chi connectivity index (χ0) is 12.4. The summed E-state index contributed by atoms with van der Waals surface area (Å²) in [7, 11) is 0. The Bertz CT molecular complexity index is 183. The van der Waals surface area contributed by atoms with Crippen LogP contribution in [-0.4, -0.2) is 36.9 Å². The number of aliphatic hydroxyl groups is 1. The second-order valence-electron chi connectivity index (χ2n) is 4.41. The van der Waals surface area contributed by atoms with Crippen LogP contribution in [0, 0.1) is 5.92 Å². The fourth-order valence-corrected chi connectivity index (χ4v) is 1.38. The van der Waals surface area contributed by atoms with Gasteiger partial charge in [0.1, 0.15) is 0 Å². The molecule has 0 radical (unpaired) electrons. The number of unbranched alkanes of at least 4 members (excludes halogenated alkanes) is 1. The molecule has 1 unspecified atom stereocenters. The van der Waals surface area contributed by atoms with Gasteiger partial charge in [-0.05, 0) is 26.7 Å². The van der Waals surface area contributed by atoms with Crippen LogP contribution in [0.25, 0.3) is 0 Å². The van der Waals surface area contributed by atoms with Crippen molar-refractivity contribution in [1.82, 2.24) is 5.32 Å². The Labute approximate surface area is 98.4 Å². The van der Waals surface area contributed by atoms with Gasteiger partial charge in [-0.15, -0.1) is 0 Å². The van der Waals surface area contributed by atoms with Gasteiger partial charge in [0.2, 0.25) is 5.91 Å². The molecule has 0 aromatic heterocycles. The minimum atomic E-state index is 0.0156. The molecule has 96 valence electrons. The van der Waals surface area contributed by atoms with Gasteiger partial charge in [-0.2, -0.15) is 0 Å². The Morgan fingerprint density at radius 3 is 2.56 bits per heavy atom. The summed E-state index contributed by atoms with van der Waals surface area (Å²) in [5.74, 6) is 0.238. The Morgan fingerprint density at radius 1 is 1.38 bits per heavy atom. The van der Waals surface area contributed by atoms with Crippen molar-refractivity contribution in [2.24, 2.45) is 5.92 Å². The van der Waals surface area contributed by atoms with E-state index >= 15 is 0 Å². The van der Waals surface area contributed by atoms with Crippen LogP contribution in [0.5, 0.6) is 0 Å². The highest BCUT2D eigenvalue weighted by Crippen LogP contribution is 2.09. The maximum atomic E-state index is 10.6. The number of carbonyl (C=O) groups is 1. The first-order valence-electron chi connectivity index (χ1n) is 6.03. The van der Waals surface area contributed by atoms with Crippen molar-refractivity contribution in [2.75, 3.05) is 19.8 Å². The maximum Gasteiger partial charge on any atom is 0.216 e. The minimum absolute atomic E-state index is 0.0156. The molecule has 0 aliphatic carbocycles. The number of hydrogen-bond donors (Lipinski definition) is 2. The van der Waals surface area contributed by atoms with Crippen LogP contribution < -0.4 is 5.32 Å². The average Bonchev–Trinajstić information content (AvgIpc) is 2.21. The van der Waals surface area contributed by atoms with Gasteiger partial charge in [0.25, 0.3) is 0 Å². The van der Waals surface area contributed by atoms with E-state index in [4.69, 9.17) is 9.84 Å². The van der Waals surface area contributed by atoms with E-state index < -0.39 is 0 Å². The number of aliphatic hydroxyl groups excluding tert-OH is 1. The van der Waals surface area contributed by atoms with Crippen LogP contribution in [0.4, 0.5) is 0 Å². The SMILES string of the molecule is CC(=O)NCCCCC(CO)COC(C)C. The monoisotopic (exact) mass is 231 g/mol. The number of carbonyl (C=O) groups excluding carboxylic acids is 1. The van der Waals surface area contributed by atoms with Gasteiger partial charge in [0, 0.05) is 26.0 Å². The van der Waals surface area contributed by atoms with Crippen molar-refractivity contribution >= 4 is 5.91 Å². The predicted molar refractivity (Wildman–Crippen MR) is 64.2 cm³/mol. The van der Waals surface area contributed by atoms with E-state index in [1.54, 1.807) is 0 Å². The lowest BCUT2D eigenvalue weighted by Crippen LogP contribution is -2.21. The van der Waals surface area contributed by atoms with E-state index in [1.807, 2.05) is 13.8 Å². The highest BCUT2D eigenvalue weighted by Gasteiger charge is 2.08. The quantitative estimate of drug-likeness (QED) is 0.588. The van der Waals surface area contributed by atoms with Gasteiger partial charge in [-0.25, -0.2) is 0 Å². The molecule has 0 fully saturated rings. The first-order chi connectivity index (χ1) is 7.56. The summed E-state index contributed by atoms with van der Waals surface area (Å²) < 4.78 is 5.46. The van der Waals surface area contributed by atoms with Gasteiger partial charge in [-0.1, -0.05) is 6.42 Å². The number of hydrogen-bond acceptors (Lipinski definition) is 3. The molecule has 2 N–H and O–H groups in total. The summed E-state index contributed by atoms with van der Waals surface area (Å²) in [5, 5.41) is 11.9. The van der Waals surface area contributed by atoms with Crippen LogP contribution in [0.3, 0.4) is 0 Å². The fraction of sp³-hybridized carbons (Fsp3) is 0.917. The molecule has 16 heavy (non-hydrogen) atoms. The summed E-state index contributed by atoms with van der Waals surface area (Å²) in [6.45, 7) is 7.02. The molecular weight excluding hydrogens is 206 g/mol. The first-order valence-corrected chi connectivity index (χ1v) is 6.03. The Morgan fingerprint density at radius 2 is 2.06 bits per heavy atom. The Kier molecular flexibility index (Phi) is 9.24. The molecule has 0 aliphatic heterocycles. The van der Waals surface area contributed by atoms with E-state index in [-0.39, 0.29) is 24.5 Å². The normalized spacial score (nSPS) is 12.8. The summed E-state index contributed by atoms with van der Waals surface area (Å²) in [5.41, 5.74) is 0. The summed E-state index contributed by atoms with van der Waals surface area (Å²) in [4.78, 5) is 10.6. The fourth-order valence-electron chi connectivity index (χ4n) is 1.38. The van der Waals surface area contributed by atoms with E-state index in [0.717, 1.165) is 25.8 Å². The Hall–Kier alpha value is -0.610. The number of ether oxygens (including phenoxy) is 1. The molecule has 0 spiro atoms. The standard InChI is InChI=1S/C12H25NO3/c1-10(2)16-9-12(8-14)6-4-5-7-13-11(3)15/h10,12,14H,4-9H2,1-3H3,(H,13,15). The number of rotatable bonds is 9. The maximum absolute atomic E-state index is 10.6. The van der Waals surface area contributed by atoms with Crippen molar-refractivity contribution in [3.63, 3.8) is 0 Å². The van der Waals surface area contributed by atoms with Gasteiger partial charge in [0.05, 0.1) is 12.7 Å². The largest absolute Gasteiger partial charge is 0.396 e. The van der Waals surface area contributed by atoms with Crippen molar-refractivity contribution < 1.29 is 14.6 Å². The molecule has 0 aliphatic rings. The minimum Gasteiger partial charge on any atom is -0.396 e. The van der Waals surface area contributed by atoms with Crippen LogP contribution in [0.15, 0.2) is 0 Å². The summed E-state index contributed by atoms with van der Waals surface area (Å²) in [6.07, 6.45) is 3.13. The average molecular weight is 231 g/mol. The third-order valence-corrected chi connectivity index (χ3v) is 2.34. The highest BCUT2D eigenvalue weighted by molar-refractivity contribution is 5.72. The van der Waals surface area contributed by atoms with Crippen molar-refractivity contribution in [3.8, 4) is 0 Å². The molecule has 0 saturated carbocycles. The molecule has 1 atom stereocenters. The van der Waals surface area contributed by atoms with Crippen molar-refractivity contribution in [3.05, 3.63) is 0 Å². The summed E-state index contributed by atoms with van der Waals surface area (Å²) in [6, 6.07) is 0. The van der Waals surface area contributed by atoms with Crippen LogP contribution in [0.2, 0.25) is 0 Å². The zero-order valence-electron chi connectivity index (χ0n) is 10.7. The highest BCUT2D eigenvalue weighted by atomic mass is 16.5. The lowest BCUT2D eigenvalue weighted by atomic mass is 10.0. The van der Waals surface area contributed by atoms with Crippen molar-refractivity contribution in [2.45, 2.75) is 46.1 Å². The zero-order valence-corrected chi connectivity index (χ0v) is 10.7. The lowest BCUT2D eigenvalue weighted by Gasteiger charge is -2.16. The topological polar surface area (TPSA) is 58.6 Å². The van der Waals surface area contributed by atoms with E-state index in [9.17, 15) is 4.79 Å². The van der Waals surface area contributed by atoms with Gasteiger partial charge < -0.3 is 15.2 Å². The van der Waals surface area contributed by atoms with E-state index in [1.165, 1.54) is 6.92 Å². The Balaban J connectivity index is 3.44. The molecule has 0 bridgehead atoms. The number of nitrogens with one attached hydrogen (secondary N) is 1. The van der Waals surface area contributed by atoms with Crippen LogP contribution >= 0.6 is 0 Å². The van der Waals surface area contributed by atoms with Gasteiger partial charge >= 0.3 is 0 Å². The van der Waals surface area contributed by atoms with Crippen LogP contribution in [-0.2, 0) is 9.53 Å². The molecule has 0 heterocycles. The van der Waals surface area contributed by atoms with Gasteiger partial charge in [-0.3, -0.25) is 4.79 Å². The number of amides is 1.